The van der Waals surface area contributed by atoms with Gasteiger partial charge in [-0.25, -0.2) is 0 Å². The standard InChI is InChI=1S/C78H100N16O27/c1-37-64(106)46(29-59(120-37)121-53-31-78(118,54(101)36-98)30-43-61(53)68(110)63-62(66(43)108)65(107)42-9-6-12-52(119-2)60(42)67(63)109)87-56(103)32-85-69(111)49(33-95)91-73(115)48(28-39-16-20-41(100)21-17-39)89-72(114)47(27-38-14-18-40(99)19-15-38)90-74(116)50(34-96)93-75(117)51(35-97)92-71(113)45(11-8-25-84-77(81)82)88-70(112)44(10-7-24-83-76(79)80)86-55(102)13-4-3-5-26-94-57(104)22-23-58(94)105/h6,9,12,14-23,37,44-51,53,59,64,95-100,106,108,110,118H,3-5,7-8,10-11,13,24-36H2,1-2H3,(H,85,111)(H,86,102)(H,87,103)(H,88,112)(H,89,114)(H,90,116)(H,91,115)(H,92,113)(H,93,117)(H4,79,80,83)(H4,81,82,84)/t37-,44-,45-,46-,47-,48-,49-,50-,51-,53-,59-,64+,78-/m0/s1. The second kappa shape index (κ2) is 43.3. The molecule has 1 fully saturated rings. The maximum absolute atomic E-state index is 14.7. The Morgan fingerprint density at radius 3 is 1.56 bits per heavy atom. The average molecular weight is 1690 g/mol. The second-order valence-corrected chi connectivity index (χ2v) is 29.1. The molecule has 1 saturated heterocycles. The number of hydrogen-bond acceptors (Lipinski definition) is 29. The second-order valence-electron chi connectivity index (χ2n) is 29.1. The smallest absolute Gasteiger partial charge is 0.253 e. The summed E-state index contributed by atoms with van der Waals surface area (Å²) < 4.78 is 17.5. The maximum Gasteiger partial charge on any atom is 0.253 e. The number of hydrogen-bond donors (Lipinski definition) is 25. The maximum atomic E-state index is 14.7. The molecule has 2 aliphatic heterocycles. The lowest BCUT2D eigenvalue weighted by Crippen LogP contribution is -2.61. The summed E-state index contributed by atoms with van der Waals surface area (Å²) in [5.41, 5.74) is 6.35. The highest BCUT2D eigenvalue weighted by molar-refractivity contribution is 6.31. The number of aliphatic hydroxyl groups is 6. The molecule has 654 valence electrons. The largest absolute Gasteiger partial charge is 0.508 e. The molecule has 43 heteroatoms. The van der Waals surface area contributed by atoms with Crippen molar-refractivity contribution in [1.82, 2.24) is 63.4 Å². The van der Waals surface area contributed by atoms with Crippen LogP contribution in [-0.4, -0.2) is 282 Å². The molecule has 0 saturated carbocycles. The van der Waals surface area contributed by atoms with Gasteiger partial charge in [0.05, 0.1) is 68.4 Å². The van der Waals surface area contributed by atoms with Crippen molar-refractivity contribution >= 4 is 94.2 Å². The van der Waals surface area contributed by atoms with Crippen LogP contribution < -0.4 is 74.7 Å². The number of phenols is 4. The van der Waals surface area contributed by atoms with Crippen LogP contribution >= 0.6 is 0 Å². The highest BCUT2D eigenvalue weighted by Gasteiger charge is 2.51. The fourth-order valence-corrected chi connectivity index (χ4v) is 14.0. The van der Waals surface area contributed by atoms with E-state index in [9.17, 15) is 118 Å². The number of benzene rings is 4. The summed E-state index contributed by atoms with van der Waals surface area (Å²) in [6.07, 6.45) is -5.77. The van der Waals surface area contributed by atoms with Crippen molar-refractivity contribution in [2.24, 2.45) is 11.5 Å². The predicted octanol–water partition coefficient (Wildman–Crippen LogP) is -6.45. The molecular weight excluding hydrogens is 1590 g/mol. The van der Waals surface area contributed by atoms with E-state index in [2.05, 4.69) is 58.5 Å². The fourth-order valence-electron chi connectivity index (χ4n) is 14.0. The lowest BCUT2D eigenvalue weighted by molar-refractivity contribution is -0.249. The lowest BCUT2D eigenvalue weighted by atomic mass is 9.72. The molecule has 2 heterocycles. The van der Waals surface area contributed by atoms with Crippen LogP contribution in [0.2, 0.25) is 0 Å². The van der Waals surface area contributed by atoms with Gasteiger partial charge < -0.3 is 135 Å². The molecule has 0 radical (unpaired) electrons. The Bertz CT molecular complexity index is 4570. The minimum atomic E-state index is -2.54. The van der Waals surface area contributed by atoms with Crippen LogP contribution in [-0.2, 0) is 86.3 Å². The molecule has 11 amide bonds. The number of Topliss-reactive ketones (excluding diaryl/α,β-unsaturated/α-hetero) is 1. The van der Waals surface area contributed by atoms with Crippen LogP contribution in [0.5, 0.6) is 28.7 Å². The number of ketones is 3. The fraction of sp³-hybridized carbons (Fsp3) is 0.462. The van der Waals surface area contributed by atoms with Crippen LogP contribution in [0, 0.1) is 10.8 Å². The number of nitrogens with one attached hydrogen (secondary N) is 13. The first kappa shape index (κ1) is 93.7. The number of guanidine groups is 2. The van der Waals surface area contributed by atoms with Crippen molar-refractivity contribution in [2.75, 3.05) is 59.7 Å². The van der Waals surface area contributed by atoms with Crippen molar-refractivity contribution in [3.05, 3.63) is 123 Å². The summed E-state index contributed by atoms with van der Waals surface area (Å²) in [5.74, 6) is -16.8. The van der Waals surface area contributed by atoms with E-state index in [1.165, 1.54) is 80.8 Å². The molecule has 27 N–H and O–H groups in total. The van der Waals surface area contributed by atoms with Gasteiger partial charge in [-0.3, -0.25) is 82.8 Å². The predicted molar refractivity (Wildman–Crippen MR) is 420 cm³/mol. The topological polar surface area (TPSA) is 704 Å². The third-order valence-corrected chi connectivity index (χ3v) is 20.4. The van der Waals surface area contributed by atoms with Crippen molar-refractivity contribution in [3.63, 3.8) is 0 Å². The van der Waals surface area contributed by atoms with Gasteiger partial charge in [-0.15, -0.1) is 0 Å². The zero-order valence-corrected chi connectivity index (χ0v) is 65.8. The Balaban J connectivity index is 0.924. The van der Waals surface area contributed by atoms with E-state index in [0.29, 0.717) is 12.8 Å². The van der Waals surface area contributed by atoms with Crippen molar-refractivity contribution in [3.8, 4) is 28.7 Å². The van der Waals surface area contributed by atoms with Gasteiger partial charge in [0.15, 0.2) is 29.8 Å². The van der Waals surface area contributed by atoms with Gasteiger partial charge in [-0.2, -0.15) is 0 Å². The van der Waals surface area contributed by atoms with Gasteiger partial charge in [0.2, 0.25) is 58.9 Å². The zero-order valence-electron chi connectivity index (χ0n) is 65.8. The van der Waals surface area contributed by atoms with E-state index in [0.717, 1.165) is 17.1 Å². The van der Waals surface area contributed by atoms with Gasteiger partial charge in [0.25, 0.3) is 11.8 Å². The number of imide groups is 1. The Hall–Kier alpha value is -12.8. The zero-order chi connectivity index (χ0) is 88.7. The van der Waals surface area contributed by atoms with Gasteiger partial charge in [0.1, 0.15) is 89.4 Å². The molecular formula is C78H100N16O27. The van der Waals surface area contributed by atoms with E-state index in [-0.39, 0.29) is 109 Å². The Kier molecular flexibility index (Phi) is 33.5. The normalized spacial score (nSPS) is 19.4. The minimum absolute atomic E-state index is 0.0159. The number of aromatic hydroxyl groups is 4. The minimum Gasteiger partial charge on any atom is -0.508 e. The number of methoxy groups -OCH3 is 1. The van der Waals surface area contributed by atoms with E-state index >= 15 is 0 Å². The Morgan fingerprint density at radius 2 is 1.06 bits per heavy atom. The van der Waals surface area contributed by atoms with E-state index in [1.807, 2.05) is 0 Å². The Morgan fingerprint density at radius 1 is 0.579 bits per heavy atom. The lowest BCUT2D eigenvalue weighted by Gasteiger charge is -2.43. The van der Waals surface area contributed by atoms with Crippen molar-refractivity contribution in [1.29, 1.82) is 10.8 Å². The number of nitrogens with zero attached hydrogens (tertiary/aromatic N) is 1. The van der Waals surface area contributed by atoms with Crippen LogP contribution in [0.25, 0.3) is 0 Å². The first-order chi connectivity index (χ1) is 57.5. The third kappa shape index (κ3) is 24.7. The molecule has 0 aromatic heterocycles. The molecule has 13 atom stereocenters. The summed E-state index contributed by atoms with van der Waals surface area (Å²) in [7, 11) is 1.24. The van der Waals surface area contributed by atoms with Crippen LogP contribution in [0.1, 0.15) is 131 Å². The number of phenolic OH excluding ortho intramolecular Hbond substituents is 4. The van der Waals surface area contributed by atoms with E-state index < -0.39 is 260 Å². The van der Waals surface area contributed by atoms with E-state index in [4.69, 9.17) is 36.5 Å². The molecule has 0 unspecified atom stereocenters. The molecule has 4 aromatic carbocycles. The number of aliphatic hydroxyl groups excluding tert-OH is 5. The quantitative estimate of drug-likeness (QED) is 0.00567. The summed E-state index contributed by atoms with van der Waals surface area (Å²) in [4.78, 5) is 193. The first-order valence-corrected chi connectivity index (χ1v) is 38.5. The number of nitrogens with two attached hydrogens (primary N) is 2. The summed E-state index contributed by atoms with van der Waals surface area (Å²) in [5, 5.41) is 151. The summed E-state index contributed by atoms with van der Waals surface area (Å²) >= 11 is 0. The average Bonchev–Trinajstić information content (AvgIpc) is 0.797. The first-order valence-electron chi connectivity index (χ1n) is 38.5. The molecule has 43 nitrogen and oxygen atoms in total. The van der Waals surface area contributed by atoms with Gasteiger partial charge in [0, 0.05) is 87.0 Å². The summed E-state index contributed by atoms with van der Waals surface area (Å²) in [6.45, 7) is -4.15. The molecule has 8 rings (SSSR count). The van der Waals surface area contributed by atoms with Crippen LogP contribution in [0.3, 0.4) is 0 Å². The molecule has 2 aliphatic carbocycles. The highest BCUT2D eigenvalue weighted by Crippen LogP contribution is 2.53. The number of ether oxygens (including phenoxy) is 3. The van der Waals surface area contributed by atoms with Crippen molar-refractivity contribution < 1.29 is 132 Å². The van der Waals surface area contributed by atoms with Gasteiger partial charge >= 0.3 is 0 Å². The number of amides is 11. The Labute approximate surface area is 690 Å². The SMILES string of the molecule is COc1cccc2c1C(=O)c1c(O)c3c(c(O)c1C2=O)C[C@@](O)(C(=O)CO)C[C@@H]3O[C@H]1C[C@H](NC(=O)CNC(=O)[C@H](CO)NC(=O)[C@H](Cc2ccc(O)cc2)NC(=O)[C@H](Cc2ccc(O)cc2)NC(=O)[C@H](CO)NC(=O)[C@H](CO)NC(=O)[C@H](CCCNC(=N)N)NC(=O)[C@H](CCCNC(=N)N)NC(=O)CCCCCN2C(=O)C=CC2=O)[C@H](O)[C@H](C)O1. The number of rotatable bonds is 43. The van der Waals surface area contributed by atoms with Gasteiger partial charge in [-0.05, 0) is 86.9 Å². The third-order valence-electron chi connectivity index (χ3n) is 20.4. The molecule has 0 spiro atoms. The van der Waals surface area contributed by atoms with Crippen LogP contribution in [0.4, 0.5) is 0 Å². The van der Waals surface area contributed by atoms with E-state index in [1.54, 1.807) is 0 Å². The number of fused-ring (bicyclic) bond motifs is 3. The number of carbonyl (C=O) groups excluding carboxylic acids is 14. The molecule has 0 bridgehead atoms. The summed E-state index contributed by atoms with van der Waals surface area (Å²) in [6, 6.07) is 0.836. The monoisotopic (exact) mass is 1690 g/mol. The van der Waals surface area contributed by atoms with Crippen LogP contribution in [0.15, 0.2) is 78.9 Å². The molecule has 4 aromatic rings. The van der Waals surface area contributed by atoms with Gasteiger partial charge in [-0.1, -0.05) is 42.8 Å². The molecule has 4 aliphatic rings. The number of unbranched alkanes of at least 4 members (excludes halogenated alkanes) is 2. The van der Waals surface area contributed by atoms with Crippen molar-refractivity contribution in [2.45, 2.75) is 169 Å². The molecule has 121 heavy (non-hydrogen) atoms. The highest BCUT2D eigenvalue weighted by atomic mass is 16.7. The number of carbonyl (C=O) groups is 14.